The Morgan fingerprint density at radius 3 is 2.75 bits per heavy atom. The molecule has 1 aliphatic carbocycles. The number of hydrogen-bond acceptors (Lipinski definition) is 5. The number of nitro benzene ring substituents is 1. The van der Waals surface area contributed by atoms with Gasteiger partial charge in [0.15, 0.2) is 6.29 Å². The molecule has 0 spiro atoms. The Kier molecular flexibility index (Phi) is 4.68. The molecule has 2 unspecified atom stereocenters. The molecule has 0 amide bonds. The van der Waals surface area contributed by atoms with Crippen LogP contribution in [0.15, 0.2) is 18.2 Å². The van der Waals surface area contributed by atoms with Gasteiger partial charge in [-0.1, -0.05) is 12.8 Å². The van der Waals surface area contributed by atoms with Gasteiger partial charge in [0, 0.05) is 12.1 Å². The van der Waals surface area contributed by atoms with Crippen LogP contribution in [0.3, 0.4) is 0 Å². The normalized spacial score (nSPS) is 22.9. The number of aliphatic hydroxyl groups excluding tert-OH is 1. The van der Waals surface area contributed by atoms with Crippen LogP contribution in [0.5, 0.6) is 5.75 Å². The van der Waals surface area contributed by atoms with Crippen molar-refractivity contribution >= 4 is 12.0 Å². The minimum absolute atomic E-state index is 0.135. The van der Waals surface area contributed by atoms with E-state index in [4.69, 9.17) is 4.74 Å². The average molecular weight is 279 g/mol. The summed E-state index contributed by atoms with van der Waals surface area (Å²) < 4.78 is 5.70. The van der Waals surface area contributed by atoms with Gasteiger partial charge in [-0.25, -0.2) is 0 Å². The SMILES string of the molecule is O=Cc1cc([N+](=O)[O-])ccc1OC1CCCCCC1O. The summed E-state index contributed by atoms with van der Waals surface area (Å²) >= 11 is 0. The molecule has 6 nitrogen and oxygen atoms in total. The molecule has 0 bridgehead atoms. The molecule has 2 rings (SSSR count). The van der Waals surface area contributed by atoms with E-state index in [1.54, 1.807) is 0 Å². The molecule has 0 aliphatic heterocycles. The number of rotatable bonds is 4. The Morgan fingerprint density at radius 2 is 2.05 bits per heavy atom. The van der Waals surface area contributed by atoms with Gasteiger partial charge in [-0.15, -0.1) is 0 Å². The minimum atomic E-state index is -0.563. The van der Waals surface area contributed by atoms with Crippen LogP contribution in [0.2, 0.25) is 0 Å². The summed E-state index contributed by atoms with van der Waals surface area (Å²) in [5.74, 6) is 0.288. The summed E-state index contributed by atoms with van der Waals surface area (Å²) in [5, 5.41) is 20.7. The van der Waals surface area contributed by atoms with E-state index in [1.807, 2.05) is 0 Å². The van der Waals surface area contributed by atoms with Crippen LogP contribution in [0.25, 0.3) is 0 Å². The highest BCUT2D eigenvalue weighted by molar-refractivity contribution is 5.80. The lowest BCUT2D eigenvalue weighted by Gasteiger charge is -2.22. The number of carbonyl (C=O) groups is 1. The first kappa shape index (κ1) is 14.5. The molecule has 20 heavy (non-hydrogen) atoms. The molecule has 0 heterocycles. The van der Waals surface area contributed by atoms with E-state index in [-0.39, 0.29) is 23.1 Å². The van der Waals surface area contributed by atoms with Crippen molar-refractivity contribution in [3.05, 3.63) is 33.9 Å². The first-order chi connectivity index (χ1) is 9.61. The average Bonchev–Trinajstić information content (AvgIpc) is 2.64. The fourth-order valence-electron chi connectivity index (χ4n) is 2.40. The third-order valence-electron chi connectivity index (χ3n) is 3.53. The lowest BCUT2D eigenvalue weighted by Crippen LogP contribution is -2.30. The van der Waals surface area contributed by atoms with Crippen LogP contribution < -0.4 is 4.74 Å². The fraction of sp³-hybridized carbons (Fsp3) is 0.500. The van der Waals surface area contributed by atoms with Crippen LogP contribution in [-0.4, -0.2) is 28.5 Å². The standard InChI is InChI=1S/C14H17NO5/c16-9-10-8-11(15(18)19)6-7-13(10)20-14-5-3-1-2-4-12(14)17/h6-9,12,14,17H,1-5H2. The minimum Gasteiger partial charge on any atom is -0.487 e. The molecular weight excluding hydrogens is 262 g/mol. The first-order valence-electron chi connectivity index (χ1n) is 6.70. The maximum absolute atomic E-state index is 11.0. The van der Waals surface area contributed by atoms with E-state index >= 15 is 0 Å². The Hall–Kier alpha value is -1.95. The van der Waals surface area contributed by atoms with Crippen molar-refractivity contribution in [2.24, 2.45) is 0 Å². The Morgan fingerprint density at radius 1 is 1.30 bits per heavy atom. The zero-order valence-corrected chi connectivity index (χ0v) is 11.0. The number of ether oxygens (including phenoxy) is 1. The van der Waals surface area contributed by atoms with E-state index in [1.165, 1.54) is 18.2 Å². The lowest BCUT2D eigenvalue weighted by molar-refractivity contribution is -0.384. The Bertz CT molecular complexity index is 502. The third-order valence-corrected chi connectivity index (χ3v) is 3.53. The second-order valence-corrected chi connectivity index (χ2v) is 4.96. The molecule has 0 aromatic heterocycles. The molecule has 1 N–H and O–H groups in total. The van der Waals surface area contributed by atoms with Gasteiger partial charge in [-0.2, -0.15) is 0 Å². The number of nitro groups is 1. The number of non-ortho nitro benzene ring substituents is 1. The van der Waals surface area contributed by atoms with Gasteiger partial charge in [-0.3, -0.25) is 14.9 Å². The monoisotopic (exact) mass is 279 g/mol. The number of benzene rings is 1. The van der Waals surface area contributed by atoms with Crippen LogP contribution in [0, 0.1) is 10.1 Å². The van der Waals surface area contributed by atoms with E-state index in [9.17, 15) is 20.0 Å². The van der Waals surface area contributed by atoms with Crippen LogP contribution >= 0.6 is 0 Å². The highest BCUT2D eigenvalue weighted by atomic mass is 16.6. The maximum atomic E-state index is 11.0. The molecule has 1 saturated carbocycles. The molecule has 0 saturated heterocycles. The van der Waals surface area contributed by atoms with Gasteiger partial charge < -0.3 is 9.84 Å². The number of carbonyl (C=O) groups excluding carboxylic acids is 1. The Labute approximate surface area is 116 Å². The fourth-order valence-corrected chi connectivity index (χ4v) is 2.40. The number of aldehydes is 1. The molecule has 0 radical (unpaired) electrons. The molecule has 6 heteroatoms. The van der Waals surface area contributed by atoms with Crippen molar-refractivity contribution in [3.8, 4) is 5.75 Å². The third kappa shape index (κ3) is 3.33. The second kappa shape index (κ2) is 6.47. The zero-order valence-electron chi connectivity index (χ0n) is 11.0. The van der Waals surface area contributed by atoms with Gasteiger partial charge in [-0.05, 0) is 25.3 Å². The van der Waals surface area contributed by atoms with Gasteiger partial charge in [0.25, 0.3) is 5.69 Å². The summed E-state index contributed by atoms with van der Waals surface area (Å²) in [4.78, 5) is 21.1. The smallest absolute Gasteiger partial charge is 0.270 e. The topological polar surface area (TPSA) is 89.7 Å². The van der Waals surface area contributed by atoms with Gasteiger partial charge >= 0.3 is 0 Å². The van der Waals surface area contributed by atoms with Crippen molar-refractivity contribution < 1.29 is 19.6 Å². The van der Waals surface area contributed by atoms with Crippen LogP contribution in [0.1, 0.15) is 42.5 Å². The molecule has 2 atom stereocenters. The van der Waals surface area contributed by atoms with E-state index in [0.29, 0.717) is 12.7 Å². The first-order valence-corrected chi connectivity index (χ1v) is 6.70. The van der Waals surface area contributed by atoms with Gasteiger partial charge in [0.05, 0.1) is 16.6 Å². The summed E-state index contributed by atoms with van der Waals surface area (Å²) in [7, 11) is 0. The molecular formula is C14H17NO5. The predicted octanol–water partition coefficient (Wildman–Crippen LogP) is 2.48. The molecule has 1 aromatic carbocycles. The summed E-state index contributed by atoms with van der Waals surface area (Å²) in [6.07, 6.45) is 3.98. The summed E-state index contributed by atoms with van der Waals surface area (Å²) in [6.45, 7) is 0. The molecule has 1 aromatic rings. The quantitative estimate of drug-likeness (QED) is 0.396. The van der Waals surface area contributed by atoms with Gasteiger partial charge in [0.2, 0.25) is 0 Å². The molecule has 1 aliphatic rings. The van der Waals surface area contributed by atoms with Crippen molar-refractivity contribution in [1.82, 2.24) is 0 Å². The highest BCUT2D eigenvalue weighted by Crippen LogP contribution is 2.27. The van der Waals surface area contributed by atoms with E-state index < -0.39 is 11.0 Å². The van der Waals surface area contributed by atoms with Crippen molar-refractivity contribution in [3.63, 3.8) is 0 Å². The number of hydrogen-bond donors (Lipinski definition) is 1. The molecule has 1 fully saturated rings. The predicted molar refractivity (Wildman–Crippen MR) is 72.0 cm³/mol. The summed E-state index contributed by atoms with van der Waals surface area (Å²) in [6, 6.07) is 3.90. The van der Waals surface area contributed by atoms with Crippen molar-refractivity contribution in [2.75, 3.05) is 0 Å². The zero-order chi connectivity index (χ0) is 14.5. The largest absolute Gasteiger partial charge is 0.487 e. The van der Waals surface area contributed by atoms with Crippen LogP contribution in [0.4, 0.5) is 5.69 Å². The lowest BCUT2D eigenvalue weighted by atomic mass is 10.1. The van der Waals surface area contributed by atoms with E-state index in [0.717, 1.165) is 25.7 Å². The maximum Gasteiger partial charge on any atom is 0.270 e. The summed E-state index contributed by atoms with van der Waals surface area (Å²) in [5.41, 5.74) is -0.0171. The Balaban J connectivity index is 2.19. The second-order valence-electron chi connectivity index (χ2n) is 4.96. The molecule has 108 valence electrons. The van der Waals surface area contributed by atoms with Crippen molar-refractivity contribution in [1.29, 1.82) is 0 Å². The van der Waals surface area contributed by atoms with Crippen LogP contribution in [-0.2, 0) is 0 Å². The van der Waals surface area contributed by atoms with Gasteiger partial charge in [0.1, 0.15) is 11.9 Å². The number of aliphatic hydroxyl groups is 1. The van der Waals surface area contributed by atoms with Crippen molar-refractivity contribution in [2.45, 2.75) is 44.3 Å². The van der Waals surface area contributed by atoms with E-state index in [2.05, 4.69) is 0 Å². The highest BCUT2D eigenvalue weighted by Gasteiger charge is 2.24. The number of nitrogens with zero attached hydrogens (tertiary/aromatic N) is 1.